The highest BCUT2D eigenvalue weighted by Gasteiger charge is 2.26. The zero-order chi connectivity index (χ0) is 19.1. The fourth-order valence-electron chi connectivity index (χ4n) is 3.88. The molecule has 3 rings (SSSR count). The number of aryl methyl sites for hydroxylation is 2. The van der Waals surface area contributed by atoms with Crippen LogP contribution in [0.3, 0.4) is 0 Å². The van der Waals surface area contributed by atoms with Gasteiger partial charge in [0.15, 0.2) is 0 Å². The molecule has 0 aromatic heterocycles. The minimum atomic E-state index is 0.0758. The van der Waals surface area contributed by atoms with Gasteiger partial charge in [-0.05, 0) is 47.2 Å². The molecule has 0 saturated heterocycles. The lowest BCUT2D eigenvalue weighted by atomic mass is 9.88. The lowest BCUT2D eigenvalue weighted by Crippen LogP contribution is -2.33. The molecule has 0 saturated carbocycles. The van der Waals surface area contributed by atoms with Crippen LogP contribution in [-0.2, 0) is 12.8 Å². The van der Waals surface area contributed by atoms with Crippen molar-refractivity contribution in [3.05, 3.63) is 101 Å². The second-order valence-corrected chi connectivity index (χ2v) is 6.76. The van der Waals surface area contributed by atoms with Gasteiger partial charge in [0.1, 0.15) is 0 Å². The Hall–Kier alpha value is -2.58. The van der Waals surface area contributed by atoms with Crippen molar-refractivity contribution in [1.82, 2.24) is 0 Å². The Labute approximate surface area is 163 Å². The average molecular weight is 360 g/mol. The first-order valence-corrected chi connectivity index (χ1v) is 9.88. The van der Waals surface area contributed by atoms with Crippen molar-refractivity contribution in [2.75, 3.05) is 18.1 Å². The summed E-state index contributed by atoms with van der Waals surface area (Å²) in [5, 5.41) is 9.85. The van der Waals surface area contributed by atoms with E-state index in [9.17, 15) is 5.11 Å². The molecule has 0 fully saturated rings. The maximum absolute atomic E-state index is 9.85. The first-order chi connectivity index (χ1) is 13.3. The minimum Gasteiger partial charge on any atom is -0.395 e. The summed E-state index contributed by atoms with van der Waals surface area (Å²) in [6, 6.07) is 27.9. The third-order valence-electron chi connectivity index (χ3n) is 5.20. The van der Waals surface area contributed by atoms with E-state index in [1.54, 1.807) is 0 Å². The standard InChI is InChI=1S/C25H29NO/c1-3-20-12-8-10-16-23(20)25(24-17-11-9-13-21(24)4-2)26(18-19-27)22-14-6-5-7-15-22/h5-17,25,27H,3-4,18-19H2,1-2H3. The molecule has 2 nitrogen and oxygen atoms in total. The summed E-state index contributed by atoms with van der Waals surface area (Å²) in [6.07, 6.45) is 1.98. The lowest BCUT2D eigenvalue weighted by Gasteiger charge is -2.36. The van der Waals surface area contributed by atoms with Crippen molar-refractivity contribution in [2.24, 2.45) is 0 Å². The summed E-state index contributed by atoms with van der Waals surface area (Å²) in [4.78, 5) is 2.34. The van der Waals surface area contributed by atoms with E-state index in [2.05, 4.69) is 91.5 Å². The molecule has 1 N–H and O–H groups in total. The van der Waals surface area contributed by atoms with Gasteiger partial charge in [-0.2, -0.15) is 0 Å². The van der Waals surface area contributed by atoms with E-state index in [4.69, 9.17) is 0 Å². The third kappa shape index (κ3) is 4.23. The predicted molar refractivity (Wildman–Crippen MR) is 114 cm³/mol. The van der Waals surface area contributed by atoms with Crippen LogP contribution in [0.25, 0.3) is 0 Å². The summed E-state index contributed by atoms with van der Waals surface area (Å²) in [7, 11) is 0. The summed E-state index contributed by atoms with van der Waals surface area (Å²) >= 11 is 0. The van der Waals surface area contributed by atoms with Crippen molar-refractivity contribution < 1.29 is 5.11 Å². The van der Waals surface area contributed by atoms with Crippen LogP contribution in [0.2, 0.25) is 0 Å². The van der Waals surface area contributed by atoms with Crippen LogP contribution >= 0.6 is 0 Å². The Morgan fingerprint density at radius 3 is 1.67 bits per heavy atom. The summed E-state index contributed by atoms with van der Waals surface area (Å²) in [5.74, 6) is 0. The SMILES string of the molecule is CCc1ccccc1C(c1ccccc1CC)N(CCO)c1ccccc1. The number of hydrogen-bond acceptors (Lipinski definition) is 2. The van der Waals surface area contributed by atoms with E-state index in [0.29, 0.717) is 6.54 Å². The van der Waals surface area contributed by atoms with Gasteiger partial charge in [0.2, 0.25) is 0 Å². The van der Waals surface area contributed by atoms with E-state index >= 15 is 0 Å². The molecule has 2 heteroatoms. The number of aliphatic hydroxyl groups is 1. The van der Waals surface area contributed by atoms with Crippen molar-refractivity contribution in [3.8, 4) is 0 Å². The van der Waals surface area contributed by atoms with Gasteiger partial charge < -0.3 is 10.0 Å². The molecule has 0 aliphatic rings. The van der Waals surface area contributed by atoms with E-state index in [0.717, 1.165) is 18.5 Å². The van der Waals surface area contributed by atoms with E-state index < -0.39 is 0 Å². The normalized spacial score (nSPS) is 11.0. The fourth-order valence-corrected chi connectivity index (χ4v) is 3.88. The number of anilines is 1. The molecule has 0 aliphatic heterocycles. The van der Waals surface area contributed by atoms with Crippen molar-refractivity contribution in [3.63, 3.8) is 0 Å². The number of hydrogen-bond donors (Lipinski definition) is 1. The predicted octanol–water partition coefficient (Wildman–Crippen LogP) is 5.40. The molecule has 0 radical (unpaired) electrons. The van der Waals surface area contributed by atoms with E-state index in [-0.39, 0.29) is 12.6 Å². The molecule has 0 atom stereocenters. The Balaban J connectivity index is 2.23. The molecular weight excluding hydrogens is 330 g/mol. The molecule has 27 heavy (non-hydrogen) atoms. The van der Waals surface area contributed by atoms with Gasteiger partial charge >= 0.3 is 0 Å². The smallest absolute Gasteiger partial charge is 0.0802 e. The average Bonchev–Trinajstić information content (AvgIpc) is 2.74. The number of rotatable bonds is 8. The van der Waals surface area contributed by atoms with Crippen LogP contribution in [0.15, 0.2) is 78.9 Å². The van der Waals surface area contributed by atoms with Crippen LogP contribution in [0.4, 0.5) is 5.69 Å². The van der Waals surface area contributed by atoms with Gasteiger partial charge in [-0.25, -0.2) is 0 Å². The van der Waals surface area contributed by atoms with Crippen molar-refractivity contribution in [1.29, 1.82) is 0 Å². The van der Waals surface area contributed by atoms with Gasteiger partial charge in [0.25, 0.3) is 0 Å². The molecule has 0 amide bonds. The Morgan fingerprint density at radius 2 is 1.19 bits per heavy atom. The highest BCUT2D eigenvalue weighted by molar-refractivity contribution is 5.55. The third-order valence-corrected chi connectivity index (χ3v) is 5.20. The lowest BCUT2D eigenvalue weighted by molar-refractivity contribution is 0.299. The first kappa shape index (κ1) is 19.2. The highest BCUT2D eigenvalue weighted by atomic mass is 16.3. The Morgan fingerprint density at radius 1 is 0.704 bits per heavy atom. The second-order valence-electron chi connectivity index (χ2n) is 6.76. The van der Waals surface area contributed by atoms with Crippen molar-refractivity contribution in [2.45, 2.75) is 32.7 Å². The number of benzene rings is 3. The van der Waals surface area contributed by atoms with Crippen molar-refractivity contribution >= 4 is 5.69 Å². The van der Waals surface area contributed by atoms with Gasteiger partial charge in [0, 0.05) is 12.2 Å². The van der Waals surface area contributed by atoms with Gasteiger partial charge in [-0.1, -0.05) is 80.6 Å². The van der Waals surface area contributed by atoms with Crippen LogP contribution < -0.4 is 4.90 Å². The quantitative estimate of drug-likeness (QED) is 0.582. The zero-order valence-electron chi connectivity index (χ0n) is 16.3. The molecular formula is C25H29NO. The summed E-state index contributed by atoms with van der Waals surface area (Å²) in [6.45, 7) is 5.12. The molecule has 0 aliphatic carbocycles. The molecule has 0 heterocycles. The topological polar surface area (TPSA) is 23.5 Å². The molecule has 0 bridgehead atoms. The Bertz CT molecular complexity index is 796. The minimum absolute atomic E-state index is 0.0758. The summed E-state index contributed by atoms with van der Waals surface area (Å²) < 4.78 is 0. The molecule has 0 unspecified atom stereocenters. The number of para-hydroxylation sites is 1. The Kier molecular flexibility index (Phi) is 6.67. The van der Waals surface area contributed by atoms with Crippen LogP contribution in [0.1, 0.15) is 42.1 Å². The van der Waals surface area contributed by atoms with E-state index in [1.165, 1.54) is 22.3 Å². The number of aliphatic hydroxyl groups excluding tert-OH is 1. The maximum atomic E-state index is 9.85. The van der Waals surface area contributed by atoms with Gasteiger partial charge in [0.05, 0.1) is 12.6 Å². The van der Waals surface area contributed by atoms with Gasteiger partial charge in [-0.3, -0.25) is 0 Å². The van der Waals surface area contributed by atoms with Crippen LogP contribution in [0.5, 0.6) is 0 Å². The zero-order valence-corrected chi connectivity index (χ0v) is 16.3. The first-order valence-electron chi connectivity index (χ1n) is 9.88. The summed E-state index contributed by atoms with van der Waals surface area (Å²) in [5.41, 5.74) is 6.48. The van der Waals surface area contributed by atoms with Crippen LogP contribution in [-0.4, -0.2) is 18.3 Å². The second kappa shape index (κ2) is 9.38. The van der Waals surface area contributed by atoms with E-state index in [1.807, 2.05) is 6.07 Å². The van der Waals surface area contributed by atoms with Gasteiger partial charge in [-0.15, -0.1) is 0 Å². The molecule has 140 valence electrons. The fraction of sp³-hybridized carbons (Fsp3) is 0.280. The largest absolute Gasteiger partial charge is 0.395 e. The molecule has 0 spiro atoms. The monoisotopic (exact) mass is 359 g/mol. The number of nitrogens with zero attached hydrogens (tertiary/aromatic N) is 1. The molecule has 3 aromatic carbocycles. The highest BCUT2D eigenvalue weighted by Crippen LogP contribution is 2.36. The maximum Gasteiger partial charge on any atom is 0.0802 e. The van der Waals surface area contributed by atoms with Crippen LogP contribution in [0, 0.1) is 0 Å². The molecule has 3 aromatic rings.